The van der Waals surface area contributed by atoms with E-state index in [9.17, 15) is 14.4 Å². The minimum atomic E-state index is -0.532. The molecule has 1 N–H and O–H groups in total. The van der Waals surface area contributed by atoms with Crippen molar-refractivity contribution in [2.24, 2.45) is 0 Å². The molecular formula is C22H18N2O3S. The zero-order chi connectivity index (χ0) is 19.5. The molecule has 6 heteroatoms. The fourth-order valence-corrected chi connectivity index (χ4v) is 4.16. The van der Waals surface area contributed by atoms with Crippen molar-refractivity contribution in [2.75, 3.05) is 16.0 Å². The maximum atomic E-state index is 12.6. The molecule has 3 aromatic rings. The van der Waals surface area contributed by atoms with Crippen LogP contribution in [0.25, 0.3) is 10.8 Å². The first-order chi connectivity index (χ1) is 13.6. The fraction of sp³-hybridized carbons (Fsp3) is 0.136. The minimum Gasteiger partial charge on any atom is -0.325 e. The molecule has 1 fully saturated rings. The summed E-state index contributed by atoms with van der Waals surface area (Å²) in [5.41, 5.74) is 1.28. The molecule has 0 aromatic heterocycles. The summed E-state index contributed by atoms with van der Waals surface area (Å²) < 4.78 is 0. The van der Waals surface area contributed by atoms with Crippen molar-refractivity contribution >= 4 is 51.6 Å². The Morgan fingerprint density at radius 3 is 2.46 bits per heavy atom. The van der Waals surface area contributed by atoms with E-state index in [0.29, 0.717) is 11.4 Å². The molecule has 0 aliphatic carbocycles. The fourth-order valence-electron chi connectivity index (χ4n) is 3.22. The monoisotopic (exact) mass is 390 g/mol. The van der Waals surface area contributed by atoms with Crippen LogP contribution >= 0.6 is 11.8 Å². The van der Waals surface area contributed by atoms with E-state index >= 15 is 0 Å². The molecule has 1 aliphatic rings. The molecule has 28 heavy (non-hydrogen) atoms. The van der Waals surface area contributed by atoms with Gasteiger partial charge in [-0.1, -0.05) is 48.5 Å². The Bertz CT molecular complexity index is 1050. The van der Waals surface area contributed by atoms with E-state index in [1.165, 1.54) is 16.7 Å². The summed E-state index contributed by atoms with van der Waals surface area (Å²) in [7, 11) is 0. The Morgan fingerprint density at radius 1 is 0.964 bits per heavy atom. The number of amides is 3. The van der Waals surface area contributed by atoms with Crippen LogP contribution in [0.2, 0.25) is 0 Å². The summed E-state index contributed by atoms with van der Waals surface area (Å²) in [6.07, 6.45) is 0.113. The minimum absolute atomic E-state index is 0.110. The second kappa shape index (κ2) is 7.86. The number of anilines is 2. The Labute approximate surface area is 166 Å². The van der Waals surface area contributed by atoms with Crippen molar-refractivity contribution in [3.63, 3.8) is 0 Å². The van der Waals surface area contributed by atoms with E-state index in [0.717, 1.165) is 10.8 Å². The van der Waals surface area contributed by atoms with E-state index < -0.39 is 5.25 Å². The van der Waals surface area contributed by atoms with Crippen LogP contribution in [0.1, 0.15) is 6.42 Å². The molecule has 1 heterocycles. The van der Waals surface area contributed by atoms with Crippen molar-refractivity contribution < 1.29 is 14.4 Å². The molecule has 3 aromatic carbocycles. The highest BCUT2D eigenvalue weighted by atomic mass is 32.2. The van der Waals surface area contributed by atoms with Crippen LogP contribution in [0.3, 0.4) is 0 Å². The summed E-state index contributed by atoms with van der Waals surface area (Å²) in [6.45, 7) is 0. The van der Waals surface area contributed by atoms with Crippen LogP contribution in [0, 0.1) is 0 Å². The Hall–Kier alpha value is -3.12. The predicted molar refractivity (Wildman–Crippen MR) is 112 cm³/mol. The summed E-state index contributed by atoms with van der Waals surface area (Å²) in [6, 6.07) is 22.5. The number of fused-ring (bicyclic) bond motifs is 1. The van der Waals surface area contributed by atoms with E-state index in [1.807, 2.05) is 48.5 Å². The summed E-state index contributed by atoms with van der Waals surface area (Å²) >= 11 is 1.20. The van der Waals surface area contributed by atoms with Crippen molar-refractivity contribution in [3.8, 4) is 0 Å². The maximum Gasteiger partial charge on any atom is 0.247 e. The van der Waals surface area contributed by atoms with Gasteiger partial charge in [0, 0.05) is 12.1 Å². The molecule has 0 saturated carbocycles. The van der Waals surface area contributed by atoms with Gasteiger partial charge < -0.3 is 5.32 Å². The SMILES string of the molecule is O=C(CS[C@@H]1CC(=O)N(c2ccccc2)C1=O)Nc1ccc2ccccc2c1. The van der Waals surface area contributed by atoms with Crippen LogP contribution in [-0.2, 0) is 14.4 Å². The number of para-hydroxylation sites is 1. The molecular weight excluding hydrogens is 372 g/mol. The number of thioether (sulfide) groups is 1. The Morgan fingerprint density at radius 2 is 1.68 bits per heavy atom. The topological polar surface area (TPSA) is 66.5 Å². The molecule has 140 valence electrons. The van der Waals surface area contributed by atoms with Gasteiger partial charge in [-0.15, -0.1) is 11.8 Å². The van der Waals surface area contributed by atoms with Crippen molar-refractivity contribution in [2.45, 2.75) is 11.7 Å². The standard InChI is InChI=1S/C22H18N2O3S/c25-20(23-17-11-10-15-6-4-5-7-16(15)12-17)14-28-19-13-21(26)24(22(19)27)18-8-2-1-3-9-18/h1-12,19H,13-14H2,(H,23,25)/t19-/m1/s1. The quantitative estimate of drug-likeness (QED) is 0.672. The molecule has 0 spiro atoms. The lowest BCUT2D eigenvalue weighted by atomic mass is 10.1. The maximum absolute atomic E-state index is 12.6. The third kappa shape index (κ3) is 3.77. The van der Waals surface area contributed by atoms with Crippen molar-refractivity contribution in [3.05, 3.63) is 72.8 Å². The number of rotatable bonds is 5. The lowest BCUT2D eigenvalue weighted by Gasteiger charge is -2.14. The number of imide groups is 1. The molecule has 1 aliphatic heterocycles. The largest absolute Gasteiger partial charge is 0.325 e. The number of hydrogen-bond acceptors (Lipinski definition) is 4. The van der Waals surface area contributed by atoms with E-state index in [1.54, 1.807) is 24.3 Å². The van der Waals surface area contributed by atoms with E-state index in [-0.39, 0.29) is 29.9 Å². The van der Waals surface area contributed by atoms with Crippen LogP contribution in [0.5, 0.6) is 0 Å². The smallest absolute Gasteiger partial charge is 0.247 e. The lowest BCUT2D eigenvalue weighted by Crippen LogP contribution is -2.31. The van der Waals surface area contributed by atoms with Gasteiger partial charge in [-0.2, -0.15) is 0 Å². The number of nitrogens with zero attached hydrogens (tertiary/aromatic N) is 1. The molecule has 0 unspecified atom stereocenters. The van der Waals surface area contributed by atoms with Gasteiger partial charge in [-0.25, -0.2) is 4.90 Å². The molecule has 3 amide bonds. The average molecular weight is 390 g/mol. The Balaban J connectivity index is 1.36. The van der Waals surface area contributed by atoms with E-state index in [4.69, 9.17) is 0 Å². The molecule has 1 atom stereocenters. The van der Waals surface area contributed by atoms with Crippen LogP contribution in [0.15, 0.2) is 72.8 Å². The number of nitrogens with one attached hydrogen (secondary N) is 1. The summed E-state index contributed by atoms with van der Waals surface area (Å²) in [5.74, 6) is -0.582. The van der Waals surface area contributed by atoms with Crippen LogP contribution in [0.4, 0.5) is 11.4 Å². The molecule has 0 bridgehead atoms. The highest BCUT2D eigenvalue weighted by Crippen LogP contribution is 2.29. The highest BCUT2D eigenvalue weighted by molar-refractivity contribution is 8.01. The van der Waals surface area contributed by atoms with Gasteiger partial charge in [0.15, 0.2) is 0 Å². The third-order valence-electron chi connectivity index (χ3n) is 4.57. The lowest BCUT2D eigenvalue weighted by molar-refractivity contribution is -0.121. The van der Waals surface area contributed by atoms with Crippen molar-refractivity contribution in [1.82, 2.24) is 0 Å². The van der Waals surface area contributed by atoms with Crippen LogP contribution in [-0.4, -0.2) is 28.7 Å². The number of benzene rings is 3. The van der Waals surface area contributed by atoms with E-state index in [2.05, 4.69) is 5.32 Å². The van der Waals surface area contributed by atoms with Gasteiger partial charge in [0.05, 0.1) is 16.7 Å². The third-order valence-corrected chi connectivity index (χ3v) is 5.77. The van der Waals surface area contributed by atoms with Gasteiger partial charge in [0.1, 0.15) is 0 Å². The number of hydrogen-bond donors (Lipinski definition) is 1. The van der Waals surface area contributed by atoms with Gasteiger partial charge in [-0.05, 0) is 35.0 Å². The average Bonchev–Trinajstić information content (AvgIpc) is 3.00. The Kier molecular flexibility index (Phi) is 5.12. The van der Waals surface area contributed by atoms with Gasteiger partial charge in [-0.3, -0.25) is 14.4 Å². The first-order valence-corrected chi connectivity index (χ1v) is 9.99. The normalized spacial score (nSPS) is 16.6. The molecule has 5 nitrogen and oxygen atoms in total. The zero-order valence-corrected chi connectivity index (χ0v) is 15.8. The molecule has 4 rings (SSSR count). The van der Waals surface area contributed by atoms with Crippen molar-refractivity contribution in [1.29, 1.82) is 0 Å². The first kappa shape index (κ1) is 18.3. The molecule has 1 saturated heterocycles. The second-order valence-corrected chi connectivity index (χ2v) is 7.71. The number of carbonyl (C=O) groups excluding carboxylic acids is 3. The highest BCUT2D eigenvalue weighted by Gasteiger charge is 2.39. The first-order valence-electron chi connectivity index (χ1n) is 8.94. The summed E-state index contributed by atoms with van der Waals surface area (Å²) in [4.78, 5) is 38.3. The van der Waals surface area contributed by atoms with Crippen LogP contribution < -0.4 is 10.2 Å². The molecule has 0 radical (unpaired) electrons. The predicted octanol–water partition coefficient (Wildman–Crippen LogP) is 3.84. The summed E-state index contributed by atoms with van der Waals surface area (Å²) in [5, 5.41) is 4.47. The van der Waals surface area contributed by atoms with Gasteiger partial charge in [0.25, 0.3) is 0 Å². The zero-order valence-electron chi connectivity index (χ0n) is 15.0. The number of carbonyl (C=O) groups is 3. The second-order valence-electron chi connectivity index (χ2n) is 6.52. The van der Waals surface area contributed by atoms with Gasteiger partial charge >= 0.3 is 0 Å². The van der Waals surface area contributed by atoms with Gasteiger partial charge in [0.2, 0.25) is 17.7 Å².